The molecule has 0 bridgehead atoms. The summed E-state index contributed by atoms with van der Waals surface area (Å²) in [5, 5.41) is 2.94. The van der Waals surface area contributed by atoms with Gasteiger partial charge in [-0.3, -0.25) is 0 Å². The number of benzene rings is 2. The van der Waals surface area contributed by atoms with Crippen molar-refractivity contribution in [2.45, 2.75) is 6.54 Å². The molecular formula is C14H10F3N3O. The molecular weight excluding hydrogens is 283 g/mol. The number of halogens is 3. The van der Waals surface area contributed by atoms with Gasteiger partial charge in [-0.15, -0.1) is 0 Å². The number of hydrogen-bond acceptors (Lipinski definition) is 2. The van der Waals surface area contributed by atoms with E-state index in [4.69, 9.17) is 0 Å². The van der Waals surface area contributed by atoms with Gasteiger partial charge in [-0.25, -0.2) is 18.0 Å². The fraction of sp³-hybridized carbons (Fsp3) is 0.0714. The lowest BCUT2D eigenvalue weighted by molar-refractivity contribution is 0.445. The summed E-state index contributed by atoms with van der Waals surface area (Å²) in [4.78, 5) is 16.3. The summed E-state index contributed by atoms with van der Waals surface area (Å²) in [6, 6.07) is 6.96. The van der Waals surface area contributed by atoms with Crippen molar-refractivity contribution in [3.63, 3.8) is 0 Å². The summed E-state index contributed by atoms with van der Waals surface area (Å²) < 4.78 is 39.0. The van der Waals surface area contributed by atoms with Gasteiger partial charge in [-0.1, -0.05) is 0 Å². The van der Waals surface area contributed by atoms with Crippen molar-refractivity contribution in [2.24, 2.45) is 0 Å². The molecule has 0 saturated carbocycles. The molecule has 3 rings (SSSR count). The number of rotatable bonds is 3. The molecule has 3 aromatic rings. The Bertz CT molecular complexity index is 846. The summed E-state index contributed by atoms with van der Waals surface area (Å²) in [6.45, 7) is 0.119. The van der Waals surface area contributed by atoms with Crippen LogP contribution in [0.2, 0.25) is 0 Å². The first-order chi connectivity index (χ1) is 10.0. The summed E-state index contributed by atoms with van der Waals surface area (Å²) in [6.07, 6.45) is 0. The van der Waals surface area contributed by atoms with Gasteiger partial charge in [0.15, 0.2) is 17.5 Å². The minimum atomic E-state index is -1.48. The third-order valence-corrected chi connectivity index (χ3v) is 3.06. The predicted molar refractivity (Wildman–Crippen MR) is 72.6 cm³/mol. The Kier molecular flexibility index (Phi) is 3.17. The number of H-pyrrole nitrogens is 2. The number of hydrogen-bond donors (Lipinski definition) is 3. The van der Waals surface area contributed by atoms with Crippen LogP contribution >= 0.6 is 0 Å². The molecule has 0 atom stereocenters. The van der Waals surface area contributed by atoms with E-state index in [0.717, 1.165) is 12.1 Å². The Morgan fingerprint density at radius 2 is 1.62 bits per heavy atom. The first-order valence-electron chi connectivity index (χ1n) is 6.12. The van der Waals surface area contributed by atoms with E-state index in [2.05, 4.69) is 15.3 Å². The quantitative estimate of drug-likeness (QED) is 0.650. The highest BCUT2D eigenvalue weighted by atomic mass is 19.2. The second-order valence-corrected chi connectivity index (χ2v) is 4.57. The molecule has 1 heterocycles. The average molecular weight is 293 g/mol. The highest BCUT2D eigenvalue weighted by Crippen LogP contribution is 2.17. The number of aromatic nitrogens is 2. The largest absolute Gasteiger partial charge is 0.381 e. The highest BCUT2D eigenvalue weighted by molar-refractivity contribution is 5.78. The Hall–Kier alpha value is -2.70. The van der Waals surface area contributed by atoms with E-state index in [1.807, 2.05) is 0 Å². The van der Waals surface area contributed by atoms with Gasteiger partial charge in [0.2, 0.25) is 0 Å². The number of imidazole rings is 1. The van der Waals surface area contributed by atoms with Crippen LogP contribution in [-0.2, 0) is 6.54 Å². The molecule has 3 N–H and O–H groups in total. The van der Waals surface area contributed by atoms with E-state index in [-0.39, 0.29) is 17.8 Å². The van der Waals surface area contributed by atoms with E-state index < -0.39 is 17.5 Å². The molecule has 0 radical (unpaired) electrons. The maximum Gasteiger partial charge on any atom is 0.323 e. The maximum atomic E-state index is 13.1. The number of aromatic amines is 2. The molecule has 2 aromatic carbocycles. The van der Waals surface area contributed by atoms with E-state index >= 15 is 0 Å². The summed E-state index contributed by atoms with van der Waals surface area (Å²) >= 11 is 0. The lowest BCUT2D eigenvalue weighted by Crippen LogP contribution is -2.02. The van der Waals surface area contributed by atoms with Crippen molar-refractivity contribution in [3.8, 4) is 0 Å². The van der Waals surface area contributed by atoms with Crippen LogP contribution in [-0.4, -0.2) is 9.97 Å². The van der Waals surface area contributed by atoms with Gasteiger partial charge in [0.05, 0.1) is 11.0 Å². The van der Waals surface area contributed by atoms with Crippen LogP contribution in [0.1, 0.15) is 5.56 Å². The zero-order chi connectivity index (χ0) is 15.0. The minimum absolute atomic E-state index is 0.119. The molecule has 0 aliphatic rings. The van der Waals surface area contributed by atoms with Crippen molar-refractivity contribution >= 4 is 16.7 Å². The van der Waals surface area contributed by atoms with E-state index in [0.29, 0.717) is 16.7 Å². The van der Waals surface area contributed by atoms with E-state index in [1.54, 1.807) is 18.2 Å². The first kappa shape index (κ1) is 13.3. The molecule has 0 spiro atoms. The standard InChI is InChI=1S/C14H10F3N3O/c15-9-3-7(4-10(16)13(9)17)6-18-8-1-2-11-12(5-8)20-14(21)19-11/h1-5,18H,6H2,(H2,19,20,21). The van der Waals surface area contributed by atoms with Crippen molar-refractivity contribution in [1.82, 2.24) is 9.97 Å². The van der Waals surface area contributed by atoms with Gasteiger partial charge >= 0.3 is 5.69 Å². The minimum Gasteiger partial charge on any atom is -0.381 e. The number of nitrogens with one attached hydrogen (secondary N) is 3. The smallest absolute Gasteiger partial charge is 0.323 e. The normalized spacial score (nSPS) is 11.0. The lowest BCUT2D eigenvalue weighted by Gasteiger charge is -2.07. The van der Waals surface area contributed by atoms with Crippen LogP contribution in [0.4, 0.5) is 18.9 Å². The van der Waals surface area contributed by atoms with Gasteiger partial charge in [0, 0.05) is 12.2 Å². The molecule has 0 saturated heterocycles. The van der Waals surface area contributed by atoms with Crippen molar-refractivity contribution in [1.29, 1.82) is 0 Å². The highest BCUT2D eigenvalue weighted by Gasteiger charge is 2.10. The monoisotopic (exact) mass is 293 g/mol. The molecule has 0 aliphatic carbocycles. The Labute approximate surface area is 116 Å². The summed E-state index contributed by atoms with van der Waals surface area (Å²) in [5.41, 5.74) is 1.88. The second kappa shape index (κ2) is 5.01. The number of fused-ring (bicyclic) bond motifs is 1. The molecule has 21 heavy (non-hydrogen) atoms. The summed E-state index contributed by atoms with van der Waals surface area (Å²) in [7, 11) is 0. The van der Waals surface area contributed by atoms with Crippen LogP contribution < -0.4 is 11.0 Å². The molecule has 0 amide bonds. The second-order valence-electron chi connectivity index (χ2n) is 4.57. The molecule has 1 aromatic heterocycles. The van der Waals surface area contributed by atoms with Crippen molar-refractivity contribution in [3.05, 3.63) is 63.8 Å². The van der Waals surface area contributed by atoms with Crippen LogP contribution in [0.3, 0.4) is 0 Å². The number of anilines is 1. The average Bonchev–Trinajstić information content (AvgIpc) is 2.81. The fourth-order valence-electron chi connectivity index (χ4n) is 2.06. The summed E-state index contributed by atoms with van der Waals surface area (Å²) in [5.74, 6) is -3.93. The Morgan fingerprint density at radius 3 is 2.33 bits per heavy atom. The molecule has 7 heteroatoms. The van der Waals surface area contributed by atoms with E-state index in [9.17, 15) is 18.0 Å². The fourth-order valence-corrected chi connectivity index (χ4v) is 2.06. The molecule has 4 nitrogen and oxygen atoms in total. The first-order valence-corrected chi connectivity index (χ1v) is 6.12. The maximum absolute atomic E-state index is 13.1. The third-order valence-electron chi connectivity index (χ3n) is 3.06. The predicted octanol–water partition coefficient (Wildman–Crippen LogP) is 2.89. The Morgan fingerprint density at radius 1 is 0.952 bits per heavy atom. The van der Waals surface area contributed by atoms with E-state index in [1.165, 1.54) is 0 Å². The van der Waals surface area contributed by atoms with Gasteiger partial charge in [-0.05, 0) is 35.9 Å². The molecule has 0 unspecified atom stereocenters. The third kappa shape index (κ3) is 2.62. The topological polar surface area (TPSA) is 60.7 Å². The van der Waals surface area contributed by atoms with Gasteiger partial charge in [-0.2, -0.15) is 0 Å². The zero-order valence-electron chi connectivity index (χ0n) is 10.6. The van der Waals surface area contributed by atoms with Crippen LogP contribution in [0.5, 0.6) is 0 Å². The molecule has 108 valence electrons. The zero-order valence-corrected chi connectivity index (χ0v) is 10.6. The molecule has 0 fully saturated rings. The Balaban J connectivity index is 1.81. The van der Waals surface area contributed by atoms with Crippen LogP contribution in [0.15, 0.2) is 35.1 Å². The van der Waals surface area contributed by atoms with Crippen LogP contribution in [0.25, 0.3) is 11.0 Å². The SMILES string of the molecule is O=c1[nH]c2ccc(NCc3cc(F)c(F)c(F)c3)cc2[nH]1. The van der Waals surface area contributed by atoms with Crippen molar-refractivity contribution < 1.29 is 13.2 Å². The van der Waals surface area contributed by atoms with Crippen LogP contribution in [0, 0.1) is 17.5 Å². The van der Waals surface area contributed by atoms with Gasteiger partial charge < -0.3 is 15.3 Å². The van der Waals surface area contributed by atoms with Gasteiger partial charge in [0.1, 0.15) is 0 Å². The lowest BCUT2D eigenvalue weighted by atomic mass is 10.2. The molecule has 0 aliphatic heterocycles. The van der Waals surface area contributed by atoms with Crippen molar-refractivity contribution in [2.75, 3.05) is 5.32 Å². The van der Waals surface area contributed by atoms with Gasteiger partial charge in [0.25, 0.3) is 0 Å².